The molecule has 3 aromatic heterocycles. The highest BCUT2D eigenvalue weighted by Crippen LogP contribution is 2.32. The van der Waals surface area contributed by atoms with Crippen molar-refractivity contribution in [1.82, 2.24) is 15.0 Å². The Morgan fingerprint density at radius 3 is 2.54 bits per heavy atom. The van der Waals surface area contributed by atoms with Crippen LogP contribution >= 0.6 is 22.7 Å². The number of nitrogens with one attached hydrogen (secondary N) is 2. The Kier molecular flexibility index (Phi) is 5.14. The third kappa shape index (κ3) is 4.08. The predicted octanol–water partition coefficient (Wildman–Crippen LogP) is 5.27. The Morgan fingerprint density at radius 1 is 1.04 bits per heavy atom. The Bertz CT molecular complexity index is 1100. The van der Waals surface area contributed by atoms with E-state index in [9.17, 15) is 4.79 Å². The van der Waals surface area contributed by atoms with Gasteiger partial charge in [-0.1, -0.05) is 18.2 Å². The van der Waals surface area contributed by atoms with Crippen LogP contribution in [0.2, 0.25) is 0 Å². The van der Waals surface area contributed by atoms with Crippen molar-refractivity contribution in [2.24, 2.45) is 0 Å². The second-order valence-corrected chi connectivity index (χ2v) is 8.12. The molecule has 4 rings (SSSR count). The van der Waals surface area contributed by atoms with Crippen LogP contribution < -0.4 is 10.6 Å². The van der Waals surface area contributed by atoms with Crippen LogP contribution in [0.1, 0.15) is 21.1 Å². The number of anilines is 3. The summed E-state index contributed by atoms with van der Waals surface area (Å²) in [6.45, 7) is 3.98. The molecule has 1 aromatic carbocycles. The van der Waals surface area contributed by atoms with Gasteiger partial charge in [-0.05, 0) is 38.1 Å². The van der Waals surface area contributed by atoms with Gasteiger partial charge in [0.25, 0.3) is 5.91 Å². The van der Waals surface area contributed by atoms with E-state index in [0.29, 0.717) is 11.4 Å². The summed E-state index contributed by atoms with van der Waals surface area (Å²) in [6, 6.07) is 12.8. The molecule has 1 amide bonds. The first kappa shape index (κ1) is 18.3. The average Bonchev–Trinajstić information content (AvgIpc) is 3.28. The van der Waals surface area contributed by atoms with Gasteiger partial charge in [-0.3, -0.25) is 4.79 Å². The Hall–Kier alpha value is -3.10. The highest BCUT2D eigenvalue weighted by molar-refractivity contribution is 7.16. The van der Waals surface area contributed by atoms with Crippen LogP contribution in [0.25, 0.3) is 10.6 Å². The van der Waals surface area contributed by atoms with Crippen molar-refractivity contribution in [3.05, 3.63) is 70.3 Å². The molecule has 0 spiro atoms. The first-order valence-electron chi connectivity index (χ1n) is 8.58. The van der Waals surface area contributed by atoms with Crippen molar-refractivity contribution in [3.8, 4) is 10.6 Å². The molecule has 0 unspecified atom stereocenters. The number of hydrogen-bond acceptors (Lipinski definition) is 7. The summed E-state index contributed by atoms with van der Waals surface area (Å²) in [5.74, 6) is 0.437. The third-order valence-electron chi connectivity index (χ3n) is 3.93. The van der Waals surface area contributed by atoms with Gasteiger partial charge >= 0.3 is 0 Å². The summed E-state index contributed by atoms with van der Waals surface area (Å²) in [5, 5.41) is 9.80. The van der Waals surface area contributed by atoms with Crippen LogP contribution in [0.15, 0.2) is 54.0 Å². The third-order valence-corrected chi connectivity index (χ3v) is 5.79. The van der Waals surface area contributed by atoms with E-state index in [0.717, 1.165) is 32.1 Å². The minimum Gasteiger partial charge on any atom is -0.322 e. The van der Waals surface area contributed by atoms with E-state index in [-0.39, 0.29) is 5.91 Å². The second kappa shape index (κ2) is 7.87. The number of amides is 1. The van der Waals surface area contributed by atoms with Crippen molar-refractivity contribution in [3.63, 3.8) is 0 Å². The second-order valence-electron chi connectivity index (χ2n) is 6.06. The minimum absolute atomic E-state index is 0.196. The maximum Gasteiger partial charge on any atom is 0.257 e. The van der Waals surface area contributed by atoms with Crippen LogP contribution in [0.3, 0.4) is 0 Å². The quantitative estimate of drug-likeness (QED) is 0.471. The Labute approximate surface area is 170 Å². The summed E-state index contributed by atoms with van der Waals surface area (Å²) in [4.78, 5) is 26.8. The molecule has 0 aliphatic carbocycles. The van der Waals surface area contributed by atoms with Crippen LogP contribution in [0.5, 0.6) is 0 Å². The predicted molar refractivity (Wildman–Crippen MR) is 115 cm³/mol. The van der Waals surface area contributed by atoms with Crippen LogP contribution in [0.4, 0.5) is 16.6 Å². The summed E-state index contributed by atoms with van der Waals surface area (Å²) in [5.41, 5.74) is 3.14. The molecule has 0 radical (unpaired) electrons. The highest BCUT2D eigenvalue weighted by atomic mass is 32.1. The van der Waals surface area contributed by atoms with Crippen LogP contribution in [0, 0.1) is 13.8 Å². The molecule has 4 aromatic rings. The van der Waals surface area contributed by atoms with E-state index < -0.39 is 0 Å². The van der Waals surface area contributed by atoms with Crippen molar-refractivity contribution in [1.29, 1.82) is 0 Å². The van der Waals surface area contributed by atoms with E-state index >= 15 is 0 Å². The lowest BCUT2D eigenvalue weighted by Crippen LogP contribution is -2.12. The number of para-hydroxylation sites is 1. The zero-order valence-electron chi connectivity index (χ0n) is 15.3. The largest absolute Gasteiger partial charge is 0.322 e. The fourth-order valence-electron chi connectivity index (χ4n) is 2.64. The summed E-state index contributed by atoms with van der Waals surface area (Å²) < 4.78 is 0. The van der Waals surface area contributed by atoms with Crippen molar-refractivity contribution >= 4 is 45.2 Å². The number of carbonyl (C=O) groups excluding carboxylic acids is 1. The summed E-state index contributed by atoms with van der Waals surface area (Å²) in [7, 11) is 0. The van der Waals surface area contributed by atoms with E-state index in [4.69, 9.17) is 0 Å². The molecule has 6 nitrogen and oxygen atoms in total. The molecule has 3 heterocycles. The van der Waals surface area contributed by atoms with Gasteiger partial charge in [0.1, 0.15) is 5.82 Å². The molecule has 0 atom stereocenters. The summed E-state index contributed by atoms with van der Waals surface area (Å²) >= 11 is 3.14. The zero-order valence-corrected chi connectivity index (χ0v) is 16.9. The minimum atomic E-state index is -0.196. The summed E-state index contributed by atoms with van der Waals surface area (Å²) in [6.07, 6.45) is 1.55. The molecule has 0 saturated heterocycles. The van der Waals surface area contributed by atoms with E-state index in [1.807, 2.05) is 49.6 Å². The standard InChI is InChI=1S/C20H17N5OS2/c1-12-18(28-13(2)22-12)16-11-27-20(24-16)25-17-9-8-14(10-21-17)19(26)23-15-6-4-3-5-7-15/h3-11H,1-2H3,(H,23,26)(H,21,24,25). The Morgan fingerprint density at radius 2 is 1.86 bits per heavy atom. The first-order chi connectivity index (χ1) is 13.6. The number of thiazole rings is 2. The fourth-order valence-corrected chi connectivity index (χ4v) is 4.30. The fraction of sp³-hybridized carbons (Fsp3) is 0.100. The van der Waals surface area contributed by atoms with Gasteiger partial charge in [-0.25, -0.2) is 15.0 Å². The number of benzene rings is 1. The molecule has 2 N–H and O–H groups in total. The highest BCUT2D eigenvalue weighted by Gasteiger charge is 2.12. The van der Waals surface area contributed by atoms with Gasteiger partial charge in [0.2, 0.25) is 0 Å². The number of aromatic nitrogens is 3. The number of aryl methyl sites for hydroxylation is 2. The molecular weight excluding hydrogens is 390 g/mol. The van der Waals surface area contributed by atoms with Crippen molar-refractivity contribution < 1.29 is 4.79 Å². The van der Waals surface area contributed by atoms with Gasteiger partial charge in [-0.15, -0.1) is 22.7 Å². The van der Waals surface area contributed by atoms with Gasteiger partial charge < -0.3 is 10.6 Å². The van der Waals surface area contributed by atoms with E-state index in [1.54, 1.807) is 29.7 Å². The molecule has 28 heavy (non-hydrogen) atoms. The van der Waals surface area contributed by atoms with E-state index in [1.165, 1.54) is 11.3 Å². The zero-order chi connectivity index (χ0) is 19.5. The Balaban J connectivity index is 1.43. The van der Waals surface area contributed by atoms with Crippen molar-refractivity contribution in [2.75, 3.05) is 10.6 Å². The molecule has 0 bridgehead atoms. The lowest BCUT2D eigenvalue weighted by molar-refractivity contribution is 0.102. The van der Waals surface area contributed by atoms with Gasteiger partial charge in [0, 0.05) is 17.3 Å². The average molecular weight is 408 g/mol. The molecule has 0 aliphatic rings. The maximum absolute atomic E-state index is 12.3. The van der Waals surface area contributed by atoms with Gasteiger partial charge in [0.15, 0.2) is 5.13 Å². The first-order valence-corrected chi connectivity index (χ1v) is 10.3. The van der Waals surface area contributed by atoms with Gasteiger partial charge in [0.05, 0.1) is 26.8 Å². The molecule has 0 aliphatic heterocycles. The number of nitrogens with zero attached hydrogens (tertiary/aromatic N) is 3. The van der Waals surface area contributed by atoms with Crippen molar-refractivity contribution in [2.45, 2.75) is 13.8 Å². The maximum atomic E-state index is 12.3. The van der Waals surface area contributed by atoms with E-state index in [2.05, 4.69) is 25.6 Å². The number of rotatable bonds is 5. The monoisotopic (exact) mass is 407 g/mol. The molecular formula is C20H17N5OS2. The lowest BCUT2D eigenvalue weighted by atomic mass is 10.2. The van der Waals surface area contributed by atoms with Crippen LogP contribution in [-0.2, 0) is 0 Å². The SMILES string of the molecule is Cc1nc(C)c(-c2csc(Nc3ccc(C(=O)Nc4ccccc4)cn3)n2)s1. The topological polar surface area (TPSA) is 79.8 Å². The van der Waals surface area contributed by atoms with Gasteiger partial charge in [-0.2, -0.15) is 0 Å². The number of carbonyl (C=O) groups is 1. The smallest absolute Gasteiger partial charge is 0.257 e. The van der Waals surface area contributed by atoms with Crippen LogP contribution in [-0.4, -0.2) is 20.9 Å². The molecule has 140 valence electrons. The molecule has 0 fully saturated rings. The number of hydrogen-bond donors (Lipinski definition) is 2. The molecule has 8 heteroatoms. The number of pyridine rings is 1. The lowest BCUT2D eigenvalue weighted by Gasteiger charge is -2.06. The molecule has 0 saturated carbocycles. The normalized spacial score (nSPS) is 10.6.